The van der Waals surface area contributed by atoms with Crippen molar-refractivity contribution >= 4 is 5.69 Å². The number of nitrogens with one attached hydrogen (secondary N) is 1. The quantitative estimate of drug-likeness (QED) is 0.874. The van der Waals surface area contributed by atoms with Crippen molar-refractivity contribution < 1.29 is 9.50 Å². The van der Waals surface area contributed by atoms with Crippen LogP contribution in [0, 0.1) is 19.7 Å². The molecule has 0 saturated heterocycles. The Labute approximate surface area is 105 Å². The molecule has 94 valence electrons. The van der Waals surface area contributed by atoms with Gasteiger partial charge in [-0.2, -0.15) is 0 Å². The Morgan fingerprint density at radius 1 is 1.22 bits per heavy atom. The van der Waals surface area contributed by atoms with Gasteiger partial charge in [0.15, 0.2) is 0 Å². The van der Waals surface area contributed by atoms with E-state index in [9.17, 15) is 9.50 Å². The minimum absolute atomic E-state index is 0.141. The molecular formula is C14H15FN2O. The molecule has 3 nitrogen and oxygen atoms in total. The molecule has 0 radical (unpaired) electrons. The third kappa shape index (κ3) is 2.59. The van der Waals surface area contributed by atoms with Gasteiger partial charge < -0.3 is 10.4 Å². The fourth-order valence-corrected chi connectivity index (χ4v) is 1.71. The number of benzene rings is 1. The molecule has 0 spiro atoms. The standard InChI is InChI=1S/C14H15FN2O/c1-9-6-7-14(18)13(17-9)8-16-12-5-3-4-11(15)10(12)2/h3-7,16,18H,8H2,1-2H3. The maximum absolute atomic E-state index is 13.3. The van der Waals surface area contributed by atoms with E-state index in [4.69, 9.17) is 0 Å². The van der Waals surface area contributed by atoms with E-state index in [2.05, 4.69) is 10.3 Å². The fraction of sp³-hybridized carbons (Fsp3) is 0.214. The summed E-state index contributed by atoms with van der Waals surface area (Å²) in [5.41, 5.74) is 2.65. The van der Waals surface area contributed by atoms with Gasteiger partial charge in [-0.3, -0.25) is 4.98 Å². The highest BCUT2D eigenvalue weighted by molar-refractivity contribution is 5.51. The van der Waals surface area contributed by atoms with Gasteiger partial charge in [0.1, 0.15) is 17.3 Å². The number of halogens is 1. The molecule has 2 N–H and O–H groups in total. The number of hydrogen-bond donors (Lipinski definition) is 2. The predicted octanol–water partition coefficient (Wildman–Crippen LogP) is 3.16. The molecule has 0 aliphatic carbocycles. The zero-order valence-corrected chi connectivity index (χ0v) is 10.4. The number of hydrogen-bond acceptors (Lipinski definition) is 3. The number of nitrogens with zero attached hydrogens (tertiary/aromatic N) is 1. The zero-order valence-electron chi connectivity index (χ0n) is 10.4. The molecule has 1 heterocycles. The highest BCUT2D eigenvalue weighted by atomic mass is 19.1. The van der Waals surface area contributed by atoms with Crippen molar-refractivity contribution in [3.63, 3.8) is 0 Å². The third-order valence-electron chi connectivity index (χ3n) is 2.80. The summed E-state index contributed by atoms with van der Waals surface area (Å²) < 4.78 is 13.3. The van der Waals surface area contributed by atoms with Crippen molar-refractivity contribution in [1.29, 1.82) is 0 Å². The van der Waals surface area contributed by atoms with Crippen molar-refractivity contribution in [2.24, 2.45) is 0 Å². The van der Waals surface area contributed by atoms with Crippen LogP contribution in [0.5, 0.6) is 5.75 Å². The lowest BCUT2D eigenvalue weighted by atomic mass is 10.2. The molecule has 0 saturated carbocycles. The molecule has 0 unspecified atom stereocenters. The van der Waals surface area contributed by atoms with Crippen LogP contribution in [0.15, 0.2) is 30.3 Å². The van der Waals surface area contributed by atoms with Crippen LogP contribution < -0.4 is 5.32 Å². The summed E-state index contributed by atoms with van der Waals surface area (Å²) in [6.07, 6.45) is 0. The van der Waals surface area contributed by atoms with Gasteiger partial charge in [-0.25, -0.2) is 4.39 Å². The van der Waals surface area contributed by atoms with Crippen molar-refractivity contribution in [2.45, 2.75) is 20.4 Å². The molecule has 0 amide bonds. The molecule has 4 heteroatoms. The Bertz CT molecular complexity index is 568. The summed E-state index contributed by atoms with van der Waals surface area (Å²) in [6, 6.07) is 8.21. The second kappa shape index (κ2) is 5.04. The molecule has 1 aromatic carbocycles. The van der Waals surface area contributed by atoms with Crippen LogP contribution in [-0.4, -0.2) is 10.1 Å². The second-order valence-electron chi connectivity index (χ2n) is 4.18. The van der Waals surface area contributed by atoms with E-state index in [0.29, 0.717) is 23.5 Å². The normalized spacial score (nSPS) is 10.4. The molecule has 0 fully saturated rings. The van der Waals surface area contributed by atoms with Crippen LogP contribution in [-0.2, 0) is 6.54 Å². The van der Waals surface area contributed by atoms with Gasteiger partial charge in [0.05, 0.1) is 6.54 Å². The molecule has 2 aromatic rings. The van der Waals surface area contributed by atoms with E-state index in [1.165, 1.54) is 6.07 Å². The van der Waals surface area contributed by atoms with Crippen molar-refractivity contribution in [3.05, 3.63) is 53.1 Å². The fourth-order valence-electron chi connectivity index (χ4n) is 1.71. The summed E-state index contributed by atoms with van der Waals surface area (Å²) in [7, 11) is 0. The Kier molecular flexibility index (Phi) is 3.46. The van der Waals surface area contributed by atoms with Crippen molar-refractivity contribution in [3.8, 4) is 5.75 Å². The molecule has 0 atom stereocenters. The predicted molar refractivity (Wildman–Crippen MR) is 69.1 cm³/mol. The van der Waals surface area contributed by atoms with Crippen molar-refractivity contribution in [1.82, 2.24) is 4.98 Å². The molecule has 0 aliphatic rings. The van der Waals surface area contributed by atoms with Crippen LogP contribution in [0.3, 0.4) is 0 Å². The summed E-state index contributed by atoms with van der Waals surface area (Å²) in [4.78, 5) is 4.23. The lowest BCUT2D eigenvalue weighted by Crippen LogP contribution is -2.04. The number of aromatic nitrogens is 1. The Balaban J connectivity index is 2.16. The Morgan fingerprint density at radius 2 is 2.00 bits per heavy atom. The van der Waals surface area contributed by atoms with Crippen LogP contribution >= 0.6 is 0 Å². The lowest BCUT2D eigenvalue weighted by molar-refractivity contribution is 0.464. The van der Waals surface area contributed by atoms with Crippen molar-refractivity contribution in [2.75, 3.05) is 5.32 Å². The molecule has 1 aromatic heterocycles. The molecule has 18 heavy (non-hydrogen) atoms. The first-order valence-corrected chi connectivity index (χ1v) is 5.72. The first-order valence-electron chi connectivity index (χ1n) is 5.72. The number of aryl methyl sites for hydroxylation is 1. The van der Waals surface area contributed by atoms with Gasteiger partial charge in [-0.15, -0.1) is 0 Å². The van der Waals surface area contributed by atoms with Gasteiger partial charge in [-0.05, 0) is 38.1 Å². The van der Waals surface area contributed by atoms with Crippen LogP contribution in [0.25, 0.3) is 0 Å². The summed E-state index contributed by atoms with van der Waals surface area (Å²) in [5.74, 6) is -0.108. The van der Waals surface area contributed by atoms with Crippen LogP contribution in [0.1, 0.15) is 17.0 Å². The van der Waals surface area contributed by atoms with E-state index < -0.39 is 0 Å². The van der Waals surface area contributed by atoms with Gasteiger partial charge >= 0.3 is 0 Å². The average molecular weight is 246 g/mol. The van der Waals surface area contributed by atoms with Crippen LogP contribution in [0.4, 0.5) is 10.1 Å². The first kappa shape index (κ1) is 12.4. The van der Waals surface area contributed by atoms with E-state index in [-0.39, 0.29) is 11.6 Å². The number of aromatic hydroxyl groups is 1. The van der Waals surface area contributed by atoms with E-state index in [0.717, 1.165) is 5.69 Å². The topological polar surface area (TPSA) is 45.1 Å². The average Bonchev–Trinajstić information content (AvgIpc) is 2.35. The van der Waals surface area contributed by atoms with E-state index in [1.54, 1.807) is 31.2 Å². The summed E-state index contributed by atoms with van der Waals surface area (Å²) in [5, 5.41) is 12.7. The summed E-state index contributed by atoms with van der Waals surface area (Å²) >= 11 is 0. The SMILES string of the molecule is Cc1ccc(O)c(CNc2cccc(F)c2C)n1. The van der Waals surface area contributed by atoms with E-state index in [1.807, 2.05) is 6.92 Å². The highest BCUT2D eigenvalue weighted by Gasteiger charge is 2.06. The monoisotopic (exact) mass is 246 g/mol. The minimum Gasteiger partial charge on any atom is -0.506 e. The Morgan fingerprint density at radius 3 is 2.78 bits per heavy atom. The van der Waals surface area contributed by atoms with Crippen LogP contribution in [0.2, 0.25) is 0 Å². The van der Waals surface area contributed by atoms with Gasteiger partial charge in [0, 0.05) is 16.9 Å². The maximum Gasteiger partial charge on any atom is 0.138 e. The first-order chi connectivity index (χ1) is 8.58. The number of anilines is 1. The Hall–Kier alpha value is -2.10. The van der Waals surface area contributed by atoms with Gasteiger partial charge in [0.25, 0.3) is 0 Å². The third-order valence-corrected chi connectivity index (χ3v) is 2.80. The number of pyridine rings is 1. The zero-order chi connectivity index (χ0) is 13.1. The highest BCUT2D eigenvalue weighted by Crippen LogP contribution is 2.20. The summed E-state index contributed by atoms with van der Waals surface area (Å²) in [6.45, 7) is 3.93. The lowest BCUT2D eigenvalue weighted by Gasteiger charge is -2.10. The smallest absolute Gasteiger partial charge is 0.138 e. The second-order valence-corrected chi connectivity index (χ2v) is 4.18. The molecule has 2 rings (SSSR count). The molecule has 0 bridgehead atoms. The largest absolute Gasteiger partial charge is 0.506 e. The molecular weight excluding hydrogens is 231 g/mol. The van der Waals surface area contributed by atoms with Gasteiger partial charge in [0.2, 0.25) is 0 Å². The minimum atomic E-state index is -0.249. The van der Waals surface area contributed by atoms with E-state index >= 15 is 0 Å². The van der Waals surface area contributed by atoms with Gasteiger partial charge in [-0.1, -0.05) is 6.07 Å². The number of rotatable bonds is 3. The molecule has 0 aliphatic heterocycles. The maximum atomic E-state index is 13.3.